The predicted octanol–water partition coefficient (Wildman–Crippen LogP) is 2.55. The Morgan fingerprint density at radius 3 is 2.62 bits per heavy atom. The maximum absolute atomic E-state index is 5.56. The topological polar surface area (TPSA) is 44.5 Å². The van der Waals surface area contributed by atoms with Crippen molar-refractivity contribution in [1.82, 2.24) is 0 Å². The number of methoxy groups -OCH3 is 1. The third-order valence-electron chi connectivity index (χ3n) is 2.66. The molecule has 3 heteroatoms. The van der Waals surface area contributed by atoms with Crippen LogP contribution in [-0.4, -0.2) is 20.3 Å². The smallest absolute Gasteiger partial charge is 0.161 e. The zero-order valence-corrected chi connectivity index (χ0v) is 10.3. The van der Waals surface area contributed by atoms with Gasteiger partial charge in [-0.05, 0) is 43.5 Å². The molecule has 90 valence electrons. The lowest BCUT2D eigenvalue weighted by Gasteiger charge is -2.14. The van der Waals surface area contributed by atoms with Crippen LogP contribution in [0.1, 0.15) is 31.7 Å². The van der Waals surface area contributed by atoms with Crippen molar-refractivity contribution in [2.24, 2.45) is 5.73 Å². The zero-order valence-electron chi connectivity index (χ0n) is 10.3. The summed E-state index contributed by atoms with van der Waals surface area (Å²) in [7, 11) is 1.65. The Bertz CT molecular complexity index is 326. The molecule has 1 unspecified atom stereocenters. The molecule has 0 heterocycles. The first kappa shape index (κ1) is 12.8. The Balaban J connectivity index is 2.91. The largest absolute Gasteiger partial charge is 0.493 e. The lowest BCUT2D eigenvalue weighted by atomic mass is 9.97. The van der Waals surface area contributed by atoms with E-state index in [1.165, 1.54) is 5.56 Å². The van der Waals surface area contributed by atoms with Gasteiger partial charge in [0.05, 0.1) is 13.7 Å². The van der Waals surface area contributed by atoms with Gasteiger partial charge in [0, 0.05) is 0 Å². The summed E-state index contributed by atoms with van der Waals surface area (Å²) < 4.78 is 10.8. The number of rotatable bonds is 6. The Labute approximate surface area is 97.6 Å². The van der Waals surface area contributed by atoms with Gasteiger partial charge in [0.2, 0.25) is 0 Å². The Morgan fingerprint density at radius 2 is 2.06 bits per heavy atom. The fourth-order valence-electron chi connectivity index (χ4n) is 1.68. The summed E-state index contributed by atoms with van der Waals surface area (Å²) in [6, 6.07) is 6.07. The van der Waals surface area contributed by atoms with Gasteiger partial charge in [-0.2, -0.15) is 0 Å². The quantitative estimate of drug-likeness (QED) is 0.806. The lowest BCUT2D eigenvalue weighted by Crippen LogP contribution is -2.05. The van der Waals surface area contributed by atoms with Gasteiger partial charge in [-0.1, -0.05) is 13.0 Å². The maximum Gasteiger partial charge on any atom is 0.161 e. The Hall–Kier alpha value is -1.22. The summed E-state index contributed by atoms with van der Waals surface area (Å²) in [5.74, 6) is 2.05. The Morgan fingerprint density at radius 1 is 1.31 bits per heavy atom. The normalized spacial score (nSPS) is 12.2. The van der Waals surface area contributed by atoms with E-state index in [0.717, 1.165) is 17.9 Å². The molecule has 1 aromatic carbocycles. The van der Waals surface area contributed by atoms with Crippen LogP contribution in [0.25, 0.3) is 0 Å². The van der Waals surface area contributed by atoms with E-state index in [0.29, 0.717) is 19.1 Å². The van der Waals surface area contributed by atoms with Crippen molar-refractivity contribution < 1.29 is 9.47 Å². The monoisotopic (exact) mass is 223 g/mol. The van der Waals surface area contributed by atoms with E-state index in [1.54, 1.807) is 7.11 Å². The maximum atomic E-state index is 5.56. The summed E-state index contributed by atoms with van der Waals surface area (Å²) in [4.78, 5) is 0. The van der Waals surface area contributed by atoms with Gasteiger partial charge in [-0.15, -0.1) is 0 Å². The first-order valence-electron chi connectivity index (χ1n) is 5.73. The summed E-state index contributed by atoms with van der Waals surface area (Å²) in [5, 5.41) is 0. The fraction of sp³-hybridized carbons (Fsp3) is 0.538. The summed E-state index contributed by atoms with van der Waals surface area (Å²) in [6.07, 6.45) is 0.984. The van der Waals surface area contributed by atoms with Crippen molar-refractivity contribution in [2.75, 3.05) is 20.3 Å². The molecule has 1 atom stereocenters. The predicted molar refractivity (Wildman–Crippen MR) is 66.2 cm³/mol. The number of hydrogen-bond donors (Lipinski definition) is 1. The molecule has 0 amide bonds. The fourth-order valence-corrected chi connectivity index (χ4v) is 1.68. The molecule has 0 aliphatic carbocycles. The van der Waals surface area contributed by atoms with Gasteiger partial charge in [0.1, 0.15) is 0 Å². The van der Waals surface area contributed by atoms with Crippen LogP contribution in [0.2, 0.25) is 0 Å². The van der Waals surface area contributed by atoms with Gasteiger partial charge in [0.25, 0.3) is 0 Å². The van der Waals surface area contributed by atoms with E-state index in [2.05, 4.69) is 13.0 Å². The van der Waals surface area contributed by atoms with Gasteiger partial charge in [-0.25, -0.2) is 0 Å². The van der Waals surface area contributed by atoms with Crippen molar-refractivity contribution in [1.29, 1.82) is 0 Å². The van der Waals surface area contributed by atoms with Crippen LogP contribution in [0.3, 0.4) is 0 Å². The standard InChI is InChI=1S/C13H21NO2/c1-4-16-13-9-11(10(2)7-8-14)5-6-12(13)15-3/h5-6,9-10H,4,7-8,14H2,1-3H3. The van der Waals surface area contributed by atoms with Crippen LogP contribution >= 0.6 is 0 Å². The first-order valence-corrected chi connectivity index (χ1v) is 5.73. The molecular formula is C13H21NO2. The average Bonchev–Trinajstić information content (AvgIpc) is 2.29. The molecule has 2 N–H and O–H groups in total. The SMILES string of the molecule is CCOc1cc(C(C)CCN)ccc1OC. The van der Waals surface area contributed by atoms with Crippen LogP contribution in [0, 0.1) is 0 Å². The second-order valence-corrected chi connectivity index (χ2v) is 3.82. The molecule has 3 nitrogen and oxygen atoms in total. The van der Waals surface area contributed by atoms with Gasteiger partial charge in [-0.3, -0.25) is 0 Å². The van der Waals surface area contributed by atoms with Crippen molar-refractivity contribution >= 4 is 0 Å². The highest BCUT2D eigenvalue weighted by atomic mass is 16.5. The highest BCUT2D eigenvalue weighted by Gasteiger charge is 2.09. The molecular weight excluding hydrogens is 202 g/mol. The number of nitrogens with two attached hydrogens (primary N) is 1. The van der Waals surface area contributed by atoms with E-state index in [-0.39, 0.29) is 0 Å². The minimum Gasteiger partial charge on any atom is -0.493 e. The van der Waals surface area contributed by atoms with Crippen molar-refractivity contribution in [3.8, 4) is 11.5 Å². The van der Waals surface area contributed by atoms with Crippen LogP contribution in [0.4, 0.5) is 0 Å². The van der Waals surface area contributed by atoms with E-state index < -0.39 is 0 Å². The molecule has 0 saturated heterocycles. The summed E-state index contributed by atoms with van der Waals surface area (Å²) >= 11 is 0. The van der Waals surface area contributed by atoms with Gasteiger partial charge >= 0.3 is 0 Å². The van der Waals surface area contributed by atoms with Crippen LogP contribution in [0.5, 0.6) is 11.5 Å². The highest BCUT2D eigenvalue weighted by molar-refractivity contribution is 5.43. The minimum absolute atomic E-state index is 0.454. The molecule has 0 bridgehead atoms. The number of hydrogen-bond acceptors (Lipinski definition) is 3. The lowest BCUT2D eigenvalue weighted by molar-refractivity contribution is 0.310. The molecule has 1 aromatic rings. The number of ether oxygens (including phenoxy) is 2. The minimum atomic E-state index is 0.454. The van der Waals surface area contributed by atoms with Gasteiger partial charge in [0.15, 0.2) is 11.5 Å². The van der Waals surface area contributed by atoms with Crippen LogP contribution in [-0.2, 0) is 0 Å². The Kier molecular flexibility index (Phi) is 5.12. The van der Waals surface area contributed by atoms with Crippen molar-refractivity contribution in [3.63, 3.8) is 0 Å². The summed E-state index contributed by atoms with van der Waals surface area (Å²) in [5.41, 5.74) is 6.81. The van der Waals surface area contributed by atoms with E-state index in [9.17, 15) is 0 Å². The van der Waals surface area contributed by atoms with Gasteiger partial charge < -0.3 is 15.2 Å². The zero-order chi connectivity index (χ0) is 12.0. The first-order chi connectivity index (χ1) is 7.72. The third kappa shape index (κ3) is 3.14. The second-order valence-electron chi connectivity index (χ2n) is 3.82. The average molecular weight is 223 g/mol. The van der Waals surface area contributed by atoms with Crippen LogP contribution in [0.15, 0.2) is 18.2 Å². The van der Waals surface area contributed by atoms with Crippen molar-refractivity contribution in [3.05, 3.63) is 23.8 Å². The van der Waals surface area contributed by atoms with Crippen molar-refractivity contribution in [2.45, 2.75) is 26.2 Å². The molecule has 0 spiro atoms. The molecule has 0 saturated carbocycles. The van der Waals surface area contributed by atoms with E-state index in [1.807, 2.05) is 19.1 Å². The molecule has 16 heavy (non-hydrogen) atoms. The molecule has 0 radical (unpaired) electrons. The number of benzene rings is 1. The highest BCUT2D eigenvalue weighted by Crippen LogP contribution is 2.31. The second kappa shape index (κ2) is 6.38. The van der Waals surface area contributed by atoms with E-state index >= 15 is 0 Å². The van der Waals surface area contributed by atoms with Crippen LogP contribution < -0.4 is 15.2 Å². The third-order valence-corrected chi connectivity index (χ3v) is 2.66. The molecule has 0 aromatic heterocycles. The summed E-state index contributed by atoms with van der Waals surface area (Å²) in [6.45, 7) is 5.49. The molecule has 0 fully saturated rings. The molecule has 0 aliphatic rings. The van der Waals surface area contributed by atoms with E-state index in [4.69, 9.17) is 15.2 Å². The molecule has 1 rings (SSSR count). The molecule has 0 aliphatic heterocycles.